The number of ether oxygens (including phenoxy) is 3. The number of non-ortho nitro benzene ring substituents is 1. The molecule has 5 rings (SSSR count). The molecule has 0 saturated carbocycles. The van der Waals surface area contributed by atoms with Crippen molar-refractivity contribution >= 4 is 23.5 Å². The van der Waals surface area contributed by atoms with Crippen molar-refractivity contribution in [1.29, 1.82) is 0 Å². The molecule has 0 aromatic heterocycles. The molecule has 1 saturated heterocycles. The third-order valence-electron chi connectivity index (χ3n) is 6.57. The minimum atomic E-state index is -1.24. The fourth-order valence-corrected chi connectivity index (χ4v) is 4.70. The largest absolute Gasteiger partial charge is 0.465 e. The number of nitrogens with zero attached hydrogens (tertiary/aromatic N) is 4. The molecule has 2 aromatic carbocycles. The molecule has 0 aliphatic carbocycles. The lowest BCUT2D eigenvalue weighted by atomic mass is 9.91. The molecule has 3 heterocycles. The predicted octanol–water partition coefficient (Wildman–Crippen LogP) is 1.85. The smallest absolute Gasteiger partial charge is 0.321 e. The van der Waals surface area contributed by atoms with Crippen molar-refractivity contribution in [3.63, 3.8) is 0 Å². The second-order valence-electron chi connectivity index (χ2n) is 8.92. The second-order valence-corrected chi connectivity index (χ2v) is 8.92. The van der Waals surface area contributed by atoms with E-state index in [-0.39, 0.29) is 19.1 Å². The number of fused-ring (bicyclic) bond motifs is 1. The van der Waals surface area contributed by atoms with Gasteiger partial charge in [-0.15, -0.1) is 0 Å². The highest BCUT2D eigenvalue weighted by Crippen LogP contribution is 2.34. The monoisotopic (exact) mass is 509 g/mol. The summed E-state index contributed by atoms with van der Waals surface area (Å²) < 4.78 is 16.0. The summed E-state index contributed by atoms with van der Waals surface area (Å²) in [5.41, 5.74) is 1.38. The average Bonchev–Trinajstić information content (AvgIpc) is 3.37. The Bertz CT molecular complexity index is 1240. The van der Waals surface area contributed by atoms with E-state index >= 15 is 0 Å². The van der Waals surface area contributed by atoms with Gasteiger partial charge < -0.3 is 19.1 Å². The van der Waals surface area contributed by atoms with Gasteiger partial charge in [0.2, 0.25) is 18.7 Å². The van der Waals surface area contributed by atoms with Crippen LogP contribution >= 0.6 is 0 Å². The first-order valence-electron chi connectivity index (χ1n) is 12.1. The van der Waals surface area contributed by atoms with Gasteiger partial charge in [-0.05, 0) is 30.2 Å². The summed E-state index contributed by atoms with van der Waals surface area (Å²) in [7, 11) is 0. The molecule has 2 unspecified atom stereocenters. The topological polar surface area (TPSA) is 136 Å². The molecule has 12 nitrogen and oxygen atoms in total. The first kappa shape index (κ1) is 24.5. The molecule has 2 aromatic rings. The van der Waals surface area contributed by atoms with Crippen LogP contribution in [-0.2, 0) is 20.9 Å². The lowest BCUT2D eigenvalue weighted by Gasteiger charge is -2.39. The maximum atomic E-state index is 13.1. The maximum Gasteiger partial charge on any atom is 0.321 e. The highest BCUT2D eigenvalue weighted by Gasteiger charge is 2.42. The highest BCUT2D eigenvalue weighted by molar-refractivity contribution is 6.08. The van der Waals surface area contributed by atoms with E-state index in [1.165, 1.54) is 18.2 Å². The molecule has 1 N–H and O–H groups in total. The van der Waals surface area contributed by atoms with Gasteiger partial charge in [0, 0.05) is 44.9 Å². The third kappa shape index (κ3) is 5.19. The predicted molar refractivity (Wildman–Crippen MR) is 131 cm³/mol. The molecule has 194 valence electrons. The molecule has 0 radical (unpaired) electrons. The number of benzene rings is 2. The lowest BCUT2D eigenvalue weighted by Crippen LogP contribution is -2.57. The lowest BCUT2D eigenvalue weighted by molar-refractivity contribution is -0.384. The van der Waals surface area contributed by atoms with Crippen molar-refractivity contribution in [3.05, 3.63) is 63.7 Å². The molecule has 3 aliphatic heterocycles. The van der Waals surface area contributed by atoms with Gasteiger partial charge in [0.05, 0.1) is 11.5 Å². The quantitative estimate of drug-likeness (QED) is 0.268. The number of rotatable bonds is 6. The number of hydrogen-bond donors (Lipinski definition) is 1. The zero-order valence-electron chi connectivity index (χ0n) is 20.3. The molecular weight excluding hydrogens is 482 g/mol. The van der Waals surface area contributed by atoms with E-state index in [0.29, 0.717) is 24.6 Å². The number of aliphatic imine (C=N–C) groups is 1. The molecule has 3 aliphatic rings. The Balaban J connectivity index is 1.32. The van der Waals surface area contributed by atoms with Crippen LogP contribution in [0.15, 0.2) is 47.5 Å². The average molecular weight is 510 g/mol. The normalized spacial score (nSPS) is 21.3. The first-order valence-corrected chi connectivity index (χ1v) is 12.1. The molecule has 0 bridgehead atoms. The van der Waals surface area contributed by atoms with Crippen molar-refractivity contribution in [3.8, 4) is 11.5 Å². The van der Waals surface area contributed by atoms with Gasteiger partial charge in [0.25, 0.3) is 5.69 Å². The Hall–Kier alpha value is -4.19. The number of carbonyl (C=O) groups excluding carboxylic acids is 2. The van der Waals surface area contributed by atoms with Crippen LogP contribution in [-0.4, -0.2) is 72.1 Å². The van der Waals surface area contributed by atoms with Crippen LogP contribution < -0.4 is 14.8 Å². The Kier molecular flexibility index (Phi) is 6.91. The van der Waals surface area contributed by atoms with E-state index in [1.807, 2.05) is 23.1 Å². The van der Waals surface area contributed by atoms with Gasteiger partial charge >= 0.3 is 5.97 Å². The first-order chi connectivity index (χ1) is 17.9. The third-order valence-corrected chi connectivity index (χ3v) is 6.57. The zero-order valence-corrected chi connectivity index (χ0v) is 20.3. The van der Waals surface area contributed by atoms with Crippen LogP contribution in [0.2, 0.25) is 0 Å². The molecule has 1 amide bonds. The number of carbonyl (C=O) groups is 2. The van der Waals surface area contributed by atoms with Gasteiger partial charge in [-0.2, -0.15) is 0 Å². The van der Waals surface area contributed by atoms with Crippen LogP contribution in [0, 0.1) is 16.0 Å². The number of nitrogens with one attached hydrogen (secondary N) is 1. The number of guanidine groups is 1. The summed E-state index contributed by atoms with van der Waals surface area (Å²) >= 11 is 0. The molecule has 12 heteroatoms. The van der Waals surface area contributed by atoms with Crippen molar-refractivity contribution < 1.29 is 28.7 Å². The second kappa shape index (κ2) is 10.4. The van der Waals surface area contributed by atoms with Crippen LogP contribution in [0.3, 0.4) is 0 Å². The molecule has 1 fully saturated rings. The van der Waals surface area contributed by atoms with Crippen molar-refractivity contribution in [2.45, 2.75) is 19.5 Å². The number of nitro groups is 1. The number of amides is 1. The van der Waals surface area contributed by atoms with Crippen molar-refractivity contribution in [2.75, 3.05) is 39.6 Å². The number of nitro benzene ring substituents is 1. The summed E-state index contributed by atoms with van der Waals surface area (Å²) in [6.07, 6.45) is 0. The maximum absolute atomic E-state index is 13.1. The minimum Gasteiger partial charge on any atom is -0.465 e. The molecule has 37 heavy (non-hydrogen) atoms. The van der Waals surface area contributed by atoms with E-state index in [1.54, 1.807) is 13.0 Å². The van der Waals surface area contributed by atoms with Crippen LogP contribution in [0.25, 0.3) is 0 Å². The molecular formula is C25H27N5O7. The number of hydrogen-bond acceptors (Lipinski definition) is 10. The Morgan fingerprint density at radius 2 is 1.95 bits per heavy atom. The van der Waals surface area contributed by atoms with Gasteiger partial charge in [-0.25, -0.2) is 4.99 Å². The number of esters is 1. The van der Waals surface area contributed by atoms with Crippen molar-refractivity contribution in [2.24, 2.45) is 10.9 Å². The summed E-state index contributed by atoms with van der Waals surface area (Å²) in [6.45, 7) is 5.40. The Morgan fingerprint density at radius 3 is 2.70 bits per heavy atom. The van der Waals surface area contributed by atoms with E-state index in [9.17, 15) is 19.7 Å². The Morgan fingerprint density at radius 1 is 1.16 bits per heavy atom. The summed E-state index contributed by atoms with van der Waals surface area (Å²) in [5, 5.41) is 14.1. The van der Waals surface area contributed by atoms with E-state index in [2.05, 4.69) is 10.2 Å². The molecule has 0 spiro atoms. The zero-order chi connectivity index (χ0) is 25.9. The summed E-state index contributed by atoms with van der Waals surface area (Å²) in [6, 6.07) is 10.8. The van der Waals surface area contributed by atoms with Crippen LogP contribution in [0.5, 0.6) is 11.5 Å². The van der Waals surface area contributed by atoms with Gasteiger partial charge in [-0.1, -0.05) is 18.2 Å². The summed E-state index contributed by atoms with van der Waals surface area (Å²) in [4.78, 5) is 45.5. The SMILES string of the molecule is CCOC(=O)C1C(=O)NC(N2CCN(Cc3ccc4c(c3)OCO4)CC2)=NC1c1cccc([N+](=O)[O-])c1. The minimum absolute atomic E-state index is 0.103. The van der Waals surface area contributed by atoms with E-state index in [0.717, 1.165) is 36.7 Å². The Labute approximate surface area is 212 Å². The van der Waals surface area contributed by atoms with Crippen LogP contribution in [0.1, 0.15) is 24.1 Å². The molecule has 2 atom stereocenters. The van der Waals surface area contributed by atoms with Gasteiger partial charge in [0.15, 0.2) is 17.4 Å². The van der Waals surface area contributed by atoms with E-state index < -0.39 is 28.8 Å². The number of piperazine rings is 1. The standard InChI is InChI=1S/C25H27N5O7/c1-2-35-24(32)21-22(17-4-3-5-18(13-17)30(33)34)26-25(27-23(21)31)29-10-8-28(9-11-29)14-16-6-7-19-20(12-16)37-15-36-19/h3-7,12-13,21-22H,2,8-11,14-15H2,1H3,(H,26,27,31). The van der Waals surface area contributed by atoms with Crippen molar-refractivity contribution in [1.82, 2.24) is 15.1 Å². The fraction of sp³-hybridized carbons (Fsp3) is 0.400. The summed E-state index contributed by atoms with van der Waals surface area (Å²) in [5.74, 6) is -0.642. The van der Waals surface area contributed by atoms with Crippen LogP contribution in [0.4, 0.5) is 5.69 Å². The fourth-order valence-electron chi connectivity index (χ4n) is 4.70. The van der Waals surface area contributed by atoms with E-state index in [4.69, 9.17) is 19.2 Å². The highest BCUT2D eigenvalue weighted by atomic mass is 16.7. The van der Waals surface area contributed by atoms with Gasteiger partial charge in [0.1, 0.15) is 6.04 Å². The van der Waals surface area contributed by atoms with Gasteiger partial charge in [-0.3, -0.25) is 29.9 Å².